The second-order valence-electron chi connectivity index (χ2n) is 4.51. The molecule has 0 radical (unpaired) electrons. The lowest BCUT2D eigenvalue weighted by Crippen LogP contribution is -2.26. The summed E-state index contributed by atoms with van der Waals surface area (Å²) in [6, 6.07) is 0. The fourth-order valence-corrected chi connectivity index (χ4v) is 2.60. The van der Waals surface area contributed by atoms with E-state index < -0.39 is 0 Å². The lowest BCUT2D eigenvalue weighted by atomic mass is 10.0. The molecule has 5 nitrogen and oxygen atoms in total. The van der Waals surface area contributed by atoms with Crippen molar-refractivity contribution in [3.8, 4) is 5.75 Å². The van der Waals surface area contributed by atoms with Crippen LogP contribution in [0.5, 0.6) is 5.75 Å². The molecule has 5 heteroatoms. The maximum atomic E-state index is 5.05. The fraction of sp³-hybridized carbons (Fsp3) is 0.636. The van der Waals surface area contributed by atoms with E-state index in [1.807, 2.05) is 0 Å². The predicted octanol–water partition coefficient (Wildman–Crippen LogP) is 0.141. The van der Waals surface area contributed by atoms with Crippen molar-refractivity contribution in [3.63, 3.8) is 0 Å². The van der Waals surface area contributed by atoms with Gasteiger partial charge >= 0.3 is 0 Å². The largest absolute Gasteiger partial charge is 0.494 e. The Morgan fingerprint density at radius 1 is 1.25 bits per heavy atom. The first-order valence-electron chi connectivity index (χ1n) is 5.68. The van der Waals surface area contributed by atoms with Gasteiger partial charge in [0.15, 0.2) is 5.75 Å². The van der Waals surface area contributed by atoms with Crippen LogP contribution in [0.1, 0.15) is 0 Å². The second kappa shape index (κ2) is 3.90. The van der Waals surface area contributed by atoms with Gasteiger partial charge < -0.3 is 15.0 Å². The summed E-state index contributed by atoms with van der Waals surface area (Å²) in [6.45, 7) is 4.42. The van der Waals surface area contributed by atoms with Crippen molar-refractivity contribution in [2.75, 3.05) is 38.2 Å². The molecule has 2 atom stereocenters. The van der Waals surface area contributed by atoms with E-state index in [4.69, 9.17) is 4.74 Å². The standard InChI is InChI=1S/C11H16N4O/c1-16-10-4-13-11(14-5-10)15-6-8-2-12-3-9(8)7-15/h4-5,8-9,12H,2-3,6-7H2,1H3. The Kier molecular flexibility index (Phi) is 2.40. The van der Waals surface area contributed by atoms with Gasteiger partial charge in [-0.25, -0.2) is 9.97 Å². The molecule has 2 aliphatic heterocycles. The molecular formula is C11H16N4O. The minimum Gasteiger partial charge on any atom is -0.494 e. The van der Waals surface area contributed by atoms with Gasteiger partial charge in [0.2, 0.25) is 5.95 Å². The Balaban J connectivity index is 1.73. The van der Waals surface area contributed by atoms with E-state index in [0.717, 1.165) is 44.0 Å². The first-order valence-corrected chi connectivity index (χ1v) is 5.68. The number of anilines is 1. The molecule has 16 heavy (non-hydrogen) atoms. The summed E-state index contributed by atoms with van der Waals surface area (Å²) < 4.78 is 5.05. The second-order valence-corrected chi connectivity index (χ2v) is 4.51. The van der Waals surface area contributed by atoms with Gasteiger partial charge in [-0.05, 0) is 11.8 Å². The third-order valence-corrected chi connectivity index (χ3v) is 3.52. The minimum atomic E-state index is 0.713. The molecule has 0 aromatic carbocycles. The van der Waals surface area contributed by atoms with Gasteiger partial charge in [0, 0.05) is 26.2 Å². The van der Waals surface area contributed by atoms with Crippen molar-refractivity contribution in [1.82, 2.24) is 15.3 Å². The van der Waals surface area contributed by atoms with Crippen LogP contribution < -0.4 is 15.0 Å². The molecular weight excluding hydrogens is 204 g/mol. The molecule has 1 aromatic rings. The molecule has 0 bridgehead atoms. The van der Waals surface area contributed by atoms with Crippen molar-refractivity contribution in [2.45, 2.75) is 0 Å². The Morgan fingerprint density at radius 2 is 1.88 bits per heavy atom. The lowest BCUT2D eigenvalue weighted by Gasteiger charge is -2.16. The van der Waals surface area contributed by atoms with Crippen LogP contribution in [0.3, 0.4) is 0 Å². The molecule has 3 heterocycles. The van der Waals surface area contributed by atoms with E-state index in [9.17, 15) is 0 Å². The summed E-state index contributed by atoms with van der Waals surface area (Å²) in [6.07, 6.45) is 3.46. The van der Waals surface area contributed by atoms with E-state index in [-0.39, 0.29) is 0 Å². The Morgan fingerprint density at radius 3 is 2.44 bits per heavy atom. The summed E-state index contributed by atoms with van der Waals surface area (Å²) in [5.41, 5.74) is 0. The van der Waals surface area contributed by atoms with E-state index in [1.54, 1.807) is 19.5 Å². The zero-order chi connectivity index (χ0) is 11.0. The number of hydrogen-bond donors (Lipinski definition) is 1. The third kappa shape index (κ3) is 1.61. The van der Waals surface area contributed by atoms with Gasteiger partial charge in [-0.2, -0.15) is 0 Å². The topological polar surface area (TPSA) is 50.3 Å². The maximum absolute atomic E-state index is 5.05. The number of hydrogen-bond acceptors (Lipinski definition) is 5. The van der Waals surface area contributed by atoms with Crippen molar-refractivity contribution < 1.29 is 4.74 Å². The van der Waals surface area contributed by atoms with Gasteiger partial charge in [0.1, 0.15) is 0 Å². The van der Waals surface area contributed by atoms with Crippen LogP contribution >= 0.6 is 0 Å². The van der Waals surface area contributed by atoms with Gasteiger partial charge in [0.05, 0.1) is 19.5 Å². The first-order chi connectivity index (χ1) is 7.86. The first kappa shape index (κ1) is 9.84. The Hall–Kier alpha value is -1.36. The van der Waals surface area contributed by atoms with Crippen molar-refractivity contribution in [3.05, 3.63) is 12.4 Å². The number of nitrogens with zero attached hydrogens (tertiary/aromatic N) is 3. The zero-order valence-corrected chi connectivity index (χ0v) is 9.39. The fourth-order valence-electron chi connectivity index (χ4n) is 2.60. The highest BCUT2D eigenvalue weighted by Gasteiger charge is 2.36. The number of fused-ring (bicyclic) bond motifs is 1. The monoisotopic (exact) mass is 220 g/mol. The molecule has 3 rings (SSSR count). The molecule has 2 saturated heterocycles. The molecule has 2 aliphatic rings. The summed E-state index contributed by atoms with van der Waals surface area (Å²) in [5, 5.41) is 3.43. The molecule has 0 spiro atoms. The number of rotatable bonds is 2. The SMILES string of the molecule is COc1cnc(N2CC3CNCC3C2)nc1. The number of aromatic nitrogens is 2. The number of nitrogens with one attached hydrogen (secondary N) is 1. The molecule has 86 valence electrons. The van der Waals surface area contributed by atoms with Crippen LogP contribution in [0.15, 0.2) is 12.4 Å². The smallest absolute Gasteiger partial charge is 0.225 e. The van der Waals surface area contributed by atoms with Gasteiger partial charge in [-0.3, -0.25) is 0 Å². The van der Waals surface area contributed by atoms with E-state index in [1.165, 1.54) is 0 Å². The highest BCUT2D eigenvalue weighted by molar-refractivity contribution is 5.34. The van der Waals surface area contributed by atoms with Gasteiger partial charge in [-0.15, -0.1) is 0 Å². The number of ether oxygens (including phenoxy) is 1. The highest BCUT2D eigenvalue weighted by Crippen LogP contribution is 2.28. The van der Waals surface area contributed by atoms with E-state index in [2.05, 4.69) is 20.2 Å². The average molecular weight is 220 g/mol. The van der Waals surface area contributed by atoms with Crippen molar-refractivity contribution in [2.24, 2.45) is 11.8 Å². The summed E-state index contributed by atoms with van der Waals surface area (Å²) in [5.74, 6) is 3.08. The molecule has 1 aromatic heterocycles. The zero-order valence-electron chi connectivity index (χ0n) is 9.39. The normalized spacial score (nSPS) is 28.2. The van der Waals surface area contributed by atoms with Crippen LogP contribution in [0.4, 0.5) is 5.95 Å². The molecule has 2 unspecified atom stereocenters. The summed E-state index contributed by atoms with van der Waals surface area (Å²) in [7, 11) is 1.63. The van der Waals surface area contributed by atoms with Crippen LogP contribution in [0, 0.1) is 11.8 Å². The summed E-state index contributed by atoms with van der Waals surface area (Å²) >= 11 is 0. The van der Waals surface area contributed by atoms with Crippen molar-refractivity contribution in [1.29, 1.82) is 0 Å². The Bertz CT molecular complexity index is 355. The lowest BCUT2D eigenvalue weighted by molar-refractivity contribution is 0.410. The molecule has 2 fully saturated rings. The maximum Gasteiger partial charge on any atom is 0.225 e. The number of methoxy groups -OCH3 is 1. The summed E-state index contributed by atoms with van der Waals surface area (Å²) in [4.78, 5) is 10.9. The Labute approximate surface area is 94.8 Å². The van der Waals surface area contributed by atoms with Crippen LogP contribution in [0.2, 0.25) is 0 Å². The molecule has 0 amide bonds. The molecule has 0 saturated carbocycles. The van der Waals surface area contributed by atoms with Crippen LogP contribution in [-0.4, -0.2) is 43.3 Å². The van der Waals surface area contributed by atoms with E-state index in [0.29, 0.717) is 5.75 Å². The quantitative estimate of drug-likeness (QED) is 0.768. The van der Waals surface area contributed by atoms with Gasteiger partial charge in [0.25, 0.3) is 0 Å². The van der Waals surface area contributed by atoms with Crippen LogP contribution in [0.25, 0.3) is 0 Å². The van der Waals surface area contributed by atoms with Gasteiger partial charge in [-0.1, -0.05) is 0 Å². The predicted molar refractivity (Wildman–Crippen MR) is 60.6 cm³/mol. The average Bonchev–Trinajstić information content (AvgIpc) is 2.89. The van der Waals surface area contributed by atoms with Crippen LogP contribution in [-0.2, 0) is 0 Å². The molecule has 1 N–H and O–H groups in total. The van der Waals surface area contributed by atoms with Crippen molar-refractivity contribution >= 4 is 5.95 Å². The minimum absolute atomic E-state index is 0.713. The van der Waals surface area contributed by atoms with E-state index >= 15 is 0 Å². The third-order valence-electron chi connectivity index (χ3n) is 3.52. The molecule has 0 aliphatic carbocycles. The highest BCUT2D eigenvalue weighted by atomic mass is 16.5.